The second kappa shape index (κ2) is 16.3. The molecule has 0 aliphatic carbocycles. The van der Waals surface area contributed by atoms with Crippen LogP contribution in [0.5, 0.6) is 5.75 Å². The van der Waals surface area contributed by atoms with Crippen molar-refractivity contribution < 1.29 is 31.9 Å². The van der Waals surface area contributed by atoms with Gasteiger partial charge in [-0.05, 0) is 72.1 Å². The number of ether oxygens (including phenoxy) is 2. The molecule has 5 nitrogen and oxygen atoms in total. The molecule has 0 saturated heterocycles. The number of carbonyl (C=O) groups excluding carboxylic acids is 1. The maximum atomic E-state index is 15.2. The number of hydrogen-bond acceptors (Lipinski definition) is 5. The molecule has 2 atom stereocenters. The van der Waals surface area contributed by atoms with Crippen LogP contribution < -0.4 is 9.92 Å². The van der Waals surface area contributed by atoms with Crippen LogP contribution in [0.2, 0.25) is 15.6 Å². The van der Waals surface area contributed by atoms with Crippen molar-refractivity contribution in [1.29, 1.82) is 0 Å². The molecule has 0 N–H and O–H groups in total. The quantitative estimate of drug-likeness (QED) is 0.0961. The summed E-state index contributed by atoms with van der Waals surface area (Å²) in [5, 5.41) is 1.24. The largest absolute Gasteiger partial charge is 0.492 e. The van der Waals surface area contributed by atoms with Crippen molar-refractivity contribution in [2.45, 2.75) is 45.0 Å². The van der Waals surface area contributed by atoms with Gasteiger partial charge >= 0.3 is 20.1 Å². The molecule has 0 bridgehead atoms. The van der Waals surface area contributed by atoms with E-state index in [1.54, 1.807) is 33.8 Å². The number of carbonyl (C=O) groups is 1. The Morgan fingerprint density at radius 2 is 1.43 bits per heavy atom. The molecule has 0 fully saturated rings. The standard InChI is InChI=1S/C35H42Cl2F3NO4Si/c1-7-8-22-45-46(35(38,39)40,32(33(42)43-6)34(2,3)4)30-19-17-29(18-20-30)44-23-21-41(5)24-31(25-9-13-27(36)14-10-25)26-11-15-28(37)16-12-26/h7-20,31-32H,21-24H2,1-6H3/b8-7+. The molecule has 3 rings (SSSR count). The molecule has 0 aliphatic rings. The second-order valence-corrected chi connectivity index (χ2v) is 16.6. The van der Waals surface area contributed by atoms with E-state index in [1.165, 1.54) is 30.3 Å². The van der Waals surface area contributed by atoms with Gasteiger partial charge in [0, 0.05) is 29.1 Å². The third-order valence-electron chi connectivity index (χ3n) is 7.84. The highest BCUT2D eigenvalue weighted by Crippen LogP contribution is 2.48. The summed E-state index contributed by atoms with van der Waals surface area (Å²) < 4.78 is 62.3. The van der Waals surface area contributed by atoms with Crippen LogP contribution in [0.25, 0.3) is 0 Å². The molecule has 0 radical (unpaired) electrons. The summed E-state index contributed by atoms with van der Waals surface area (Å²) in [7, 11) is -1.94. The fourth-order valence-corrected chi connectivity index (χ4v) is 10.0. The summed E-state index contributed by atoms with van der Waals surface area (Å²) in [5.74, 6) is -5.30. The smallest absolute Gasteiger partial charge is 0.394 e. The summed E-state index contributed by atoms with van der Waals surface area (Å²) in [6.45, 7) is 7.73. The van der Waals surface area contributed by atoms with Gasteiger partial charge in [-0.2, -0.15) is 13.2 Å². The zero-order chi connectivity index (χ0) is 34.1. The van der Waals surface area contributed by atoms with Gasteiger partial charge in [0.2, 0.25) is 0 Å². The predicted octanol–water partition coefficient (Wildman–Crippen LogP) is 8.57. The van der Waals surface area contributed by atoms with Crippen LogP contribution in [0.3, 0.4) is 0 Å². The summed E-state index contributed by atoms with van der Waals surface area (Å²) in [4.78, 5) is 15.1. The van der Waals surface area contributed by atoms with E-state index in [1.807, 2.05) is 55.6 Å². The number of alkyl halides is 3. The Labute approximate surface area is 281 Å². The predicted molar refractivity (Wildman–Crippen MR) is 182 cm³/mol. The van der Waals surface area contributed by atoms with Crippen molar-refractivity contribution in [3.8, 4) is 5.75 Å². The van der Waals surface area contributed by atoms with Crippen LogP contribution in [0.15, 0.2) is 84.9 Å². The molecule has 3 aromatic carbocycles. The molecule has 250 valence electrons. The highest BCUT2D eigenvalue weighted by atomic mass is 35.5. The summed E-state index contributed by atoms with van der Waals surface area (Å²) in [5.41, 5.74) is -0.445. The summed E-state index contributed by atoms with van der Waals surface area (Å²) in [6.07, 6.45) is 3.11. The number of nitrogens with zero attached hydrogens (tertiary/aromatic N) is 1. The molecular weight excluding hydrogens is 654 g/mol. The third-order valence-corrected chi connectivity index (χ3v) is 12.9. The molecule has 11 heteroatoms. The average Bonchev–Trinajstić information content (AvgIpc) is 2.99. The summed E-state index contributed by atoms with van der Waals surface area (Å²) >= 11 is 12.3. The number of halogens is 5. The van der Waals surface area contributed by atoms with E-state index >= 15 is 13.2 Å². The van der Waals surface area contributed by atoms with Gasteiger partial charge in [-0.15, -0.1) is 0 Å². The molecule has 46 heavy (non-hydrogen) atoms. The van der Waals surface area contributed by atoms with E-state index in [4.69, 9.17) is 37.1 Å². The van der Waals surface area contributed by atoms with Crippen LogP contribution in [0.1, 0.15) is 44.7 Å². The minimum atomic E-state index is -5.03. The number of hydrogen-bond donors (Lipinski definition) is 0. The normalized spacial score (nSPS) is 14.5. The van der Waals surface area contributed by atoms with Crippen molar-refractivity contribution in [3.05, 3.63) is 106 Å². The Morgan fingerprint density at radius 3 is 1.87 bits per heavy atom. The van der Waals surface area contributed by atoms with E-state index in [9.17, 15) is 4.79 Å². The molecule has 2 unspecified atom stereocenters. The first kappa shape index (κ1) is 37.6. The van der Waals surface area contributed by atoms with Crippen molar-refractivity contribution in [2.75, 3.05) is 40.5 Å². The number of esters is 1. The van der Waals surface area contributed by atoms with E-state index in [0.717, 1.165) is 18.2 Å². The lowest BCUT2D eigenvalue weighted by Crippen LogP contribution is -2.69. The maximum absolute atomic E-state index is 15.2. The monoisotopic (exact) mass is 695 g/mol. The Morgan fingerprint density at radius 1 is 0.913 bits per heavy atom. The maximum Gasteiger partial charge on any atom is 0.394 e. The van der Waals surface area contributed by atoms with Crippen molar-refractivity contribution >= 4 is 42.7 Å². The van der Waals surface area contributed by atoms with Gasteiger partial charge in [-0.25, -0.2) is 0 Å². The lowest BCUT2D eigenvalue weighted by Gasteiger charge is -2.43. The Balaban J connectivity index is 1.81. The molecule has 0 aromatic heterocycles. The molecule has 0 heterocycles. The van der Waals surface area contributed by atoms with Crippen LogP contribution in [0, 0.1) is 5.41 Å². The zero-order valence-corrected chi connectivity index (χ0v) is 29.5. The highest BCUT2D eigenvalue weighted by molar-refractivity contribution is 6.91. The minimum absolute atomic E-state index is 0.0485. The number of benzene rings is 3. The van der Waals surface area contributed by atoms with Crippen molar-refractivity contribution in [3.63, 3.8) is 0 Å². The van der Waals surface area contributed by atoms with Gasteiger partial charge in [-0.1, -0.05) is 92.5 Å². The van der Waals surface area contributed by atoms with Gasteiger partial charge in [0.1, 0.15) is 12.4 Å². The molecule has 0 saturated carbocycles. The van der Waals surface area contributed by atoms with Gasteiger partial charge in [0.15, 0.2) is 0 Å². The molecular formula is C35H42Cl2F3NO4Si. The van der Waals surface area contributed by atoms with Gasteiger partial charge in [0.25, 0.3) is 0 Å². The van der Waals surface area contributed by atoms with Crippen LogP contribution >= 0.6 is 23.2 Å². The summed E-state index contributed by atoms with van der Waals surface area (Å²) in [6, 6.07) is 21.2. The molecule has 0 spiro atoms. The van der Waals surface area contributed by atoms with E-state index in [0.29, 0.717) is 35.5 Å². The average molecular weight is 697 g/mol. The number of methoxy groups -OCH3 is 1. The Kier molecular flexibility index (Phi) is 13.4. The first-order chi connectivity index (χ1) is 21.6. The Hall–Kier alpha value is -2.82. The van der Waals surface area contributed by atoms with E-state index in [2.05, 4.69) is 4.90 Å². The molecule has 0 amide bonds. The van der Waals surface area contributed by atoms with Crippen molar-refractivity contribution in [1.82, 2.24) is 4.90 Å². The number of allylic oxidation sites excluding steroid dienone is 1. The van der Waals surface area contributed by atoms with Crippen molar-refractivity contribution in [2.24, 2.45) is 5.41 Å². The first-order valence-electron chi connectivity index (χ1n) is 15.0. The van der Waals surface area contributed by atoms with E-state index < -0.39 is 31.0 Å². The minimum Gasteiger partial charge on any atom is -0.492 e. The highest BCUT2D eigenvalue weighted by Gasteiger charge is 2.70. The first-order valence-corrected chi connectivity index (χ1v) is 17.7. The van der Waals surface area contributed by atoms with Gasteiger partial charge in [-0.3, -0.25) is 4.79 Å². The van der Waals surface area contributed by atoms with Gasteiger partial charge < -0.3 is 18.8 Å². The van der Waals surface area contributed by atoms with Crippen LogP contribution in [-0.4, -0.2) is 65.4 Å². The van der Waals surface area contributed by atoms with Crippen LogP contribution in [0.4, 0.5) is 13.2 Å². The SMILES string of the molecule is C/C=C/CO[Si](c1ccc(OCCN(C)CC(c2ccc(Cl)cc2)c2ccc(Cl)cc2)cc1)(C(C(=O)OC)C(C)(C)C)C(F)(F)F. The number of likely N-dealkylation sites (N-methyl/N-ethyl adjacent to an activating group) is 1. The second-order valence-electron chi connectivity index (χ2n) is 12.2. The number of rotatable bonds is 14. The molecule has 3 aromatic rings. The fourth-order valence-electron chi connectivity index (χ4n) is 5.58. The topological polar surface area (TPSA) is 48.0 Å². The lowest BCUT2D eigenvalue weighted by molar-refractivity contribution is -0.145. The lowest BCUT2D eigenvalue weighted by atomic mass is 9.91. The zero-order valence-electron chi connectivity index (χ0n) is 27.0. The van der Waals surface area contributed by atoms with E-state index in [-0.39, 0.29) is 17.7 Å². The molecule has 0 aliphatic heterocycles. The fraction of sp³-hybridized carbons (Fsp3) is 0.400. The Bertz CT molecular complexity index is 1380. The van der Waals surface area contributed by atoms with Crippen LogP contribution in [-0.2, 0) is 14.0 Å². The van der Waals surface area contributed by atoms with Gasteiger partial charge in [0.05, 0.1) is 19.3 Å². The third kappa shape index (κ3) is 9.38.